The molecule has 0 aliphatic heterocycles. The van der Waals surface area contributed by atoms with Crippen LogP contribution >= 0.6 is 7.26 Å². The van der Waals surface area contributed by atoms with E-state index in [1.165, 1.54) is 73.4 Å². The average molecular weight is 592 g/mol. The Morgan fingerprint density at radius 2 is 1.33 bits per heavy atom. The number of rotatable bonds is 7. The molecule has 1 spiro atoms. The zero-order valence-electron chi connectivity index (χ0n) is 26.9. The van der Waals surface area contributed by atoms with Crippen LogP contribution in [0.4, 0.5) is 0 Å². The highest BCUT2D eigenvalue weighted by Crippen LogP contribution is 2.82. The lowest BCUT2D eigenvalue weighted by molar-refractivity contribution is -0.160. The van der Waals surface area contributed by atoms with Gasteiger partial charge in [-0.25, -0.2) is 0 Å². The number of methoxy groups -OCH3 is 1. The molecule has 5 fully saturated rings. The van der Waals surface area contributed by atoms with Crippen LogP contribution in [0.15, 0.2) is 91.0 Å². The first-order valence-corrected chi connectivity index (χ1v) is 19.4. The van der Waals surface area contributed by atoms with Crippen LogP contribution in [0.2, 0.25) is 0 Å². The summed E-state index contributed by atoms with van der Waals surface area (Å²) in [6.07, 6.45) is 13.2. The Morgan fingerprint density at radius 1 is 0.744 bits per heavy atom. The van der Waals surface area contributed by atoms with Gasteiger partial charge in [0.1, 0.15) is 23.2 Å². The lowest BCUT2D eigenvalue weighted by atomic mass is 9.45. The van der Waals surface area contributed by atoms with Crippen LogP contribution in [0.25, 0.3) is 0 Å². The fraction of sp³-hybridized carbons (Fsp3) is 0.561. The van der Waals surface area contributed by atoms with Gasteiger partial charge in [-0.3, -0.25) is 0 Å². The van der Waals surface area contributed by atoms with Crippen LogP contribution in [-0.4, -0.2) is 19.4 Å². The molecule has 5 aliphatic rings. The minimum Gasteiger partial charge on any atom is -0.381 e. The maximum Gasteiger partial charge on any atom is 0.112 e. The normalized spacial score (nSPS) is 40.2. The van der Waals surface area contributed by atoms with E-state index in [1.807, 2.05) is 7.11 Å². The van der Waals surface area contributed by atoms with Crippen molar-refractivity contribution in [3.05, 3.63) is 91.0 Å². The van der Waals surface area contributed by atoms with Crippen LogP contribution < -0.4 is 15.9 Å². The van der Waals surface area contributed by atoms with E-state index in [0.717, 1.165) is 29.6 Å². The molecule has 0 aromatic heterocycles. The molecule has 2 heteroatoms. The van der Waals surface area contributed by atoms with Crippen molar-refractivity contribution in [2.75, 3.05) is 13.3 Å². The molecule has 8 rings (SSSR count). The summed E-state index contributed by atoms with van der Waals surface area (Å²) in [6.45, 7) is 8.12. The third kappa shape index (κ3) is 3.89. The Morgan fingerprint density at radius 3 is 1.86 bits per heavy atom. The van der Waals surface area contributed by atoms with Gasteiger partial charge in [0, 0.05) is 12.5 Å². The number of hydrogen-bond donors (Lipinski definition) is 0. The zero-order valence-corrected chi connectivity index (χ0v) is 27.8. The van der Waals surface area contributed by atoms with Gasteiger partial charge >= 0.3 is 0 Å². The van der Waals surface area contributed by atoms with E-state index < -0.39 is 7.26 Å². The maximum absolute atomic E-state index is 6.44. The minimum atomic E-state index is -1.83. The SMILES string of the molecule is CO[C@@H]1CC2C3CC[C@H]([C@H](C)C[P+](c4ccccc4)(c4ccccc4)c4ccccc4)[C@@]3(C)CCC2[C@@]2(C)CC[C@H]3C[C@]312. The molecule has 5 aliphatic carbocycles. The molecule has 0 amide bonds. The lowest BCUT2D eigenvalue weighted by Crippen LogP contribution is -2.57. The fourth-order valence-electron chi connectivity index (χ4n) is 12.9. The van der Waals surface area contributed by atoms with Crippen molar-refractivity contribution >= 4 is 23.2 Å². The van der Waals surface area contributed by atoms with Gasteiger partial charge in [0.05, 0.1) is 12.3 Å². The van der Waals surface area contributed by atoms with Gasteiger partial charge in [0.2, 0.25) is 0 Å². The molecule has 0 heterocycles. The molecule has 0 radical (unpaired) electrons. The molecule has 0 N–H and O–H groups in total. The van der Waals surface area contributed by atoms with E-state index >= 15 is 0 Å². The smallest absolute Gasteiger partial charge is 0.112 e. The van der Waals surface area contributed by atoms with Gasteiger partial charge in [0.15, 0.2) is 0 Å². The van der Waals surface area contributed by atoms with Crippen molar-refractivity contribution < 1.29 is 4.74 Å². The van der Waals surface area contributed by atoms with E-state index in [2.05, 4.69) is 112 Å². The summed E-state index contributed by atoms with van der Waals surface area (Å²) in [7, 11) is 0.205. The predicted octanol–water partition coefficient (Wildman–Crippen LogP) is 8.90. The summed E-state index contributed by atoms with van der Waals surface area (Å²) < 4.78 is 6.44. The molecule has 1 nitrogen and oxygen atoms in total. The third-order valence-electron chi connectivity index (χ3n) is 14.7. The van der Waals surface area contributed by atoms with Crippen LogP contribution in [0.3, 0.4) is 0 Å². The molecule has 3 aromatic rings. The van der Waals surface area contributed by atoms with Gasteiger partial charge in [-0.2, -0.15) is 0 Å². The molecule has 0 bridgehead atoms. The largest absolute Gasteiger partial charge is 0.381 e. The third-order valence-corrected chi connectivity index (χ3v) is 19.4. The Bertz CT molecular complexity index is 1340. The van der Waals surface area contributed by atoms with Gasteiger partial charge in [-0.1, -0.05) is 75.4 Å². The minimum absolute atomic E-state index is 0.445. The first kappa shape index (κ1) is 28.5. The number of benzene rings is 3. The summed E-state index contributed by atoms with van der Waals surface area (Å²) in [5.74, 6) is 5.05. The van der Waals surface area contributed by atoms with Crippen LogP contribution in [0.1, 0.15) is 72.1 Å². The number of hydrogen-bond acceptors (Lipinski definition) is 1. The molecule has 0 saturated heterocycles. The van der Waals surface area contributed by atoms with Gasteiger partial charge < -0.3 is 4.74 Å². The van der Waals surface area contributed by atoms with E-state index in [4.69, 9.17) is 4.74 Å². The average Bonchev–Trinajstić information content (AvgIpc) is 3.55. The Labute approximate surface area is 261 Å². The van der Waals surface area contributed by atoms with Crippen LogP contribution in [0.5, 0.6) is 0 Å². The Kier molecular flexibility index (Phi) is 6.82. The first-order valence-electron chi connectivity index (χ1n) is 17.5. The summed E-state index contributed by atoms with van der Waals surface area (Å²) in [6, 6.07) is 34.8. The summed E-state index contributed by atoms with van der Waals surface area (Å²) >= 11 is 0. The van der Waals surface area contributed by atoms with Gasteiger partial charge in [-0.05, 0) is 134 Å². The number of ether oxygens (including phenoxy) is 1. The first-order chi connectivity index (χ1) is 20.9. The Balaban J connectivity index is 1.15. The monoisotopic (exact) mass is 591 g/mol. The molecule has 10 atom stereocenters. The standard InChI is InChI=1S/C41H52OP/c1-29(28-43(31-14-8-5-9-15-31,32-16-10-6-11-17-32)33-18-12-7-13-19-33)35-20-21-36-34-26-38(42-4)41-27-30(41)22-25-40(41,3)37(34)23-24-39(35,36)2/h5-19,29-30,34-38H,20-28H2,1-4H3/q+1/t29-,30+,34?,35-,36?,37?,38-,39-,40-,41+/m1/s1. The molecular weight excluding hydrogens is 539 g/mol. The van der Waals surface area contributed by atoms with Crippen LogP contribution in [0, 0.1) is 51.8 Å². The molecule has 43 heavy (non-hydrogen) atoms. The molecule has 3 unspecified atom stereocenters. The van der Waals surface area contributed by atoms with Crippen molar-refractivity contribution in [1.82, 2.24) is 0 Å². The topological polar surface area (TPSA) is 9.23 Å². The highest BCUT2D eigenvalue weighted by molar-refractivity contribution is 7.95. The quantitative estimate of drug-likeness (QED) is 0.249. The maximum atomic E-state index is 6.44. The molecular formula is C41H52OP+. The van der Waals surface area contributed by atoms with Gasteiger partial charge in [0.25, 0.3) is 0 Å². The highest BCUT2D eigenvalue weighted by atomic mass is 31.2. The summed E-state index contributed by atoms with van der Waals surface area (Å²) in [5.41, 5.74) is 1.48. The second kappa shape index (κ2) is 10.3. The van der Waals surface area contributed by atoms with E-state index in [-0.39, 0.29) is 0 Å². The van der Waals surface area contributed by atoms with Crippen molar-refractivity contribution in [2.45, 2.75) is 78.2 Å². The van der Waals surface area contributed by atoms with Crippen molar-refractivity contribution in [3.63, 3.8) is 0 Å². The Hall–Kier alpha value is -1.95. The van der Waals surface area contributed by atoms with Crippen molar-refractivity contribution in [2.24, 2.45) is 51.8 Å². The summed E-state index contributed by atoms with van der Waals surface area (Å²) in [4.78, 5) is 0. The second-order valence-electron chi connectivity index (χ2n) is 15.9. The van der Waals surface area contributed by atoms with Gasteiger partial charge in [-0.15, -0.1) is 0 Å². The van der Waals surface area contributed by atoms with Crippen LogP contribution in [-0.2, 0) is 4.74 Å². The van der Waals surface area contributed by atoms with Crippen molar-refractivity contribution in [1.29, 1.82) is 0 Å². The van der Waals surface area contributed by atoms with Crippen molar-refractivity contribution in [3.8, 4) is 0 Å². The molecule has 226 valence electrons. The van der Waals surface area contributed by atoms with E-state index in [1.54, 1.807) is 0 Å². The fourth-order valence-corrected chi connectivity index (χ4v) is 17.6. The predicted molar refractivity (Wildman–Crippen MR) is 183 cm³/mol. The lowest BCUT2D eigenvalue weighted by Gasteiger charge is -2.61. The highest BCUT2D eigenvalue weighted by Gasteiger charge is 2.77. The second-order valence-corrected chi connectivity index (χ2v) is 19.5. The summed E-state index contributed by atoms with van der Waals surface area (Å²) in [5, 5.41) is 4.61. The van der Waals surface area contributed by atoms with E-state index in [0.29, 0.717) is 28.3 Å². The number of fused-ring (bicyclic) bond motifs is 4. The molecule has 5 saturated carbocycles. The molecule has 3 aromatic carbocycles. The van der Waals surface area contributed by atoms with E-state index in [9.17, 15) is 0 Å². The zero-order chi connectivity index (χ0) is 29.5.